The summed E-state index contributed by atoms with van der Waals surface area (Å²) in [5, 5.41) is 6.30. The maximum atomic E-state index is 12.8. The van der Waals surface area contributed by atoms with E-state index in [1.165, 1.54) is 0 Å². The lowest BCUT2D eigenvalue weighted by atomic mass is 9.97. The average Bonchev–Trinajstić information content (AvgIpc) is 2.62. The molecule has 25 heavy (non-hydrogen) atoms. The van der Waals surface area contributed by atoms with Gasteiger partial charge >= 0.3 is 0 Å². The molecular formula is C19H20BrClN2O2. The average molecular weight is 424 g/mol. The molecule has 4 nitrogen and oxygen atoms in total. The fourth-order valence-corrected chi connectivity index (χ4v) is 3.14. The number of amides is 1. The van der Waals surface area contributed by atoms with Crippen LogP contribution in [0.15, 0.2) is 53.0 Å². The molecule has 0 spiro atoms. The van der Waals surface area contributed by atoms with Crippen LogP contribution in [0, 0.1) is 0 Å². The summed E-state index contributed by atoms with van der Waals surface area (Å²) >= 11 is 3.36. The smallest absolute Gasteiger partial charge is 0.252 e. The summed E-state index contributed by atoms with van der Waals surface area (Å²) < 4.78 is 0.912. The Labute approximate surface area is 161 Å². The van der Waals surface area contributed by atoms with Gasteiger partial charge in [0, 0.05) is 28.2 Å². The molecule has 2 aromatic rings. The first-order chi connectivity index (χ1) is 11.6. The molecule has 1 amide bonds. The first kappa shape index (κ1) is 19.6. The van der Waals surface area contributed by atoms with E-state index in [0.717, 1.165) is 30.4 Å². The Bertz CT molecular complexity index is 743. The molecule has 1 aliphatic rings. The summed E-state index contributed by atoms with van der Waals surface area (Å²) in [7, 11) is 0. The van der Waals surface area contributed by atoms with Crippen LogP contribution in [0.4, 0.5) is 0 Å². The van der Waals surface area contributed by atoms with Crippen LogP contribution in [0.1, 0.15) is 39.1 Å². The zero-order chi connectivity index (χ0) is 16.9. The molecule has 1 fully saturated rings. The van der Waals surface area contributed by atoms with Gasteiger partial charge in [-0.05, 0) is 49.7 Å². The van der Waals surface area contributed by atoms with Crippen molar-refractivity contribution in [1.82, 2.24) is 10.6 Å². The number of halogens is 2. The van der Waals surface area contributed by atoms with Crippen LogP contribution < -0.4 is 10.6 Å². The molecule has 6 heteroatoms. The van der Waals surface area contributed by atoms with Crippen LogP contribution in [0.3, 0.4) is 0 Å². The number of carbonyl (C=O) groups excluding carboxylic acids is 2. The number of hydrogen-bond acceptors (Lipinski definition) is 3. The SMILES string of the molecule is Cl.O=C(N[C@H]1CCCNC1)c1ccccc1C(=O)c1ccc(Br)cc1. The fourth-order valence-electron chi connectivity index (χ4n) is 2.87. The summed E-state index contributed by atoms with van der Waals surface area (Å²) in [6, 6.07) is 14.3. The van der Waals surface area contributed by atoms with Crippen LogP contribution >= 0.6 is 28.3 Å². The number of piperidine rings is 1. The molecule has 1 saturated heterocycles. The van der Waals surface area contributed by atoms with Gasteiger partial charge in [-0.1, -0.05) is 34.1 Å². The molecule has 1 atom stereocenters. The highest BCUT2D eigenvalue weighted by Gasteiger charge is 2.21. The number of hydrogen-bond donors (Lipinski definition) is 2. The van der Waals surface area contributed by atoms with Gasteiger partial charge in [0.15, 0.2) is 5.78 Å². The van der Waals surface area contributed by atoms with Gasteiger partial charge < -0.3 is 10.6 Å². The topological polar surface area (TPSA) is 58.2 Å². The molecule has 2 N–H and O–H groups in total. The summed E-state index contributed by atoms with van der Waals surface area (Å²) in [4.78, 5) is 25.4. The second-order valence-electron chi connectivity index (χ2n) is 5.90. The number of carbonyl (C=O) groups is 2. The first-order valence-corrected chi connectivity index (χ1v) is 8.85. The van der Waals surface area contributed by atoms with Crippen LogP contribution in [-0.2, 0) is 0 Å². The van der Waals surface area contributed by atoms with Gasteiger partial charge in [-0.3, -0.25) is 9.59 Å². The summed E-state index contributed by atoms with van der Waals surface area (Å²) in [6.45, 7) is 1.76. The summed E-state index contributed by atoms with van der Waals surface area (Å²) in [5.74, 6) is -0.334. The second kappa shape index (κ2) is 9.13. The van der Waals surface area contributed by atoms with E-state index in [1.807, 2.05) is 12.1 Å². The maximum Gasteiger partial charge on any atom is 0.252 e. The molecule has 1 heterocycles. The third-order valence-corrected chi connectivity index (χ3v) is 4.68. The maximum absolute atomic E-state index is 12.8. The van der Waals surface area contributed by atoms with E-state index in [0.29, 0.717) is 16.7 Å². The van der Waals surface area contributed by atoms with E-state index in [4.69, 9.17) is 0 Å². The lowest BCUT2D eigenvalue weighted by Crippen LogP contribution is -2.45. The minimum atomic E-state index is -0.190. The molecule has 0 aromatic heterocycles. The molecule has 0 saturated carbocycles. The van der Waals surface area contributed by atoms with Gasteiger partial charge in [0.1, 0.15) is 0 Å². The first-order valence-electron chi connectivity index (χ1n) is 8.06. The van der Waals surface area contributed by atoms with Crippen LogP contribution in [0.25, 0.3) is 0 Å². The van der Waals surface area contributed by atoms with E-state index in [1.54, 1.807) is 36.4 Å². The molecule has 3 rings (SSSR count). The normalized spacial score (nSPS) is 16.6. The minimum absolute atomic E-state index is 0. The zero-order valence-corrected chi connectivity index (χ0v) is 16.0. The largest absolute Gasteiger partial charge is 0.348 e. The van der Waals surface area contributed by atoms with Crippen molar-refractivity contribution in [3.63, 3.8) is 0 Å². The Morgan fingerprint density at radius 1 is 1.04 bits per heavy atom. The second-order valence-corrected chi connectivity index (χ2v) is 6.81. The highest BCUT2D eigenvalue weighted by atomic mass is 79.9. The van der Waals surface area contributed by atoms with E-state index in [2.05, 4.69) is 26.6 Å². The standard InChI is InChI=1S/C19H19BrN2O2.ClH/c20-14-9-7-13(8-10-14)18(23)16-5-1-2-6-17(16)19(24)22-15-4-3-11-21-12-15;/h1-2,5-10,15,21H,3-4,11-12H2,(H,22,24);1H/t15-;/m0./s1. The van der Waals surface area contributed by atoms with E-state index >= 15 is 0 Å². The highest BCUT2D eigenvalue weighted by molar-refractivity contribution is 9.10. The Kier molecular flexibility index (Phi) is 7.17. The predicted molar refractivity (Wildman–Crippen MR) is 105 cm³/mol. The van der Waals surface area contributed by atoms with Gasteiger partial charge in [-0.25, -0.2) is 0 Å². The molecular weight excluding hydrogens is 404 g/mol. The van der Waals surface area contributed by atoms with E-state index in [9.17, 15) is 9.59 Å². The molecule has 0 aliphatic carbocycles. The predicted octanol–water partition coefficient (Wildman–Crippen LogP) is 3.58. The van der Waals surface area contributed by atoms with E-state index in [-0.39, 0.29) is 30.1 Å². The third kappa shape index (κ3) is 4.91. The quantitative estimate of drug-likeness (QED) is 0.739. The van der Waals surface area contributed by atoms with Crippen molar-refractivity contribution in [2.24, 2.45) is 0 Å². The monoisotopic (exact) mass is 422 g/mol. The van der Waals surface area contributed by atoms with Gasteiger partial charge in [-0.2, -0.15) is 0 Å². The van der Waals surface area contributed by atoms with Crippen molar-refractivity contribution in [2.75, 3.05) is 13.1 Å². The van der Waals surface area contributed by atoms with Crippen LogP contribution in [-0.4, -0.2) is 30.8 Å². The van der Waals surface area contributed by atoms with Crippen molar-refractivity contribution in [3.05, 3.63) is 69.7 Å². The fraction of sp³-hybridized carbons (Fsp3) is 0.263. The summed E-state index contributed by atoms with van der Waals surface area (Å²) in [6.07, 6.45) is 2.01. The van der Waals surface area contributed by atoms with Crippen molar-refractivity contribution < 1.29 is 9.59 Å². The minimum Gasteiger partial charge on any atom is -0.348 e. The number of benzene rings is 2. The number of nitrogens with one attached hydrogen (secondary N) is 2. The third-order valence-electron chi connectivity index (χ3n) is 4.15. The molecule has 132 valence electrons. The van der Waals surface area contributed by atoms with Gasteiger partial charge in [-0.15, -0.1) is 12.4 Å². The highest BCUT2D eigenvalue weighted by Crippen LogP contribution is 2.18. The van der Waals surface area contributed by atoms with Crippen LogP contribution in [0.2, 0.25) is 0 Å². The number of rotatable bonds is 4. The van der Waals surface area contributed by atoms with Crippen molar-refractivity contribution in [2.45, 2.75) is 18.9 Å². The Morgan fingerprint density at radius 3 is 2.36 bits per heavy atom. The van der Waals surface area contributed by atoms with Crippen molar-refractivity contribution in [3.8, 4) is 0 Å². The van der Waals surface area contributed by atoms with Crippen molar-refractivity contribution >= 4 is 40.0 Å². The van der Waals surface area contributed by atoms with Crippen LogP contribution in [0.5, 0.6) is 0 Å². The Hall–Kier alpha value is -1.69. The van der Waals surface area contributed by atoms with E-state index < -0.39 is 0 Å². The van der Waals surface area contributed by atoms with Gasteiger partial charge in [0.2, 0.25) is 0 Å². The van der Waals surface area contributed by atoms with Gasteiger partial charge in [0.25, 0.3) is 5.91 Å². The zero-order valence-electron chi connectivity index (χ0n) is 13.6. The Morgan fingerprint density at radius 2 is 1.72 bits per heavy atom. The molecule has 2 aromatic carbocycles. The van der Waals surface area contributed by atoms with Gasteiger partial charge in [0.05, 0.1) is 5.56 Å². The summed E-state index contributed by atoms with van der Waals surface area (Å²) in [5.41, 5.74) is 1.43. The molecule has 0 unspecified atom stereocenters. The number of ketones is 1. The lowest BCUT2D eigenvalue weighted by molar-refractivity contribution is 0.0921. The molecule has 1 aliphatic heterocycles. The van der Waals surface area contributed by atoms with Crippen molar-refractivity contribution in [1.29, 1.82) is 0 Å². The lowest BCUT2D eigenvalue weighted by Gasteiger charge is -2.24. The molecule has 0 bridgehead atoms. The molecule has 0 radical (unpaired) electrons. The Balaban J connectivity index is 0.00000225.